The number of aliphatic hydroxyl groups is 1. The molecule has 8 heteroatoms. The van der Waals surface area contributed by atoms with Gasteiger partial charge in [0.05, 0.1) is 16.5 Å². The molecule has 4 rings (SSSR count). The predicted molar refractivity (Wildman–Crippen MR) is 147 cm³/mol. The van der Waals surface area contributed by atoms with E-state index in [9.17, 15) is 18.3 Å². The molecule has 0 heterocycles. The molecule has 3 aromatic carbocycles. The highest BCUT2D eigenvalue weighted by molar-refractivity contribution is 7.89. The Labute approximate surface area is 225 Å². The summed E-state index contributed by atoms with van der Waals surface area (Å²) in [5.41, 5.74) is 0.772. The van der Waals surface area contributed by atoms with Crippen molar-refractivity contribution in [1.82, 2.24) is 9.62 Å². The van der Waals surface area contributed by atoms with Crippen molar-refractivity contribution in [3.05, 3.63) is 102 Å². The highest BCUT2D eigenvalue weighted by Gasteiger charge is 2.61. The Bertz CT molecular complexity index is 1290. The van der Waals surface area contributed by atoms with E-state index >= 15 is 0 Å². The molecule has 1 saturated carbocycles. The number of carbonyl (C=O) groups excluding carboxylic acids is 1. The van der Waals surface area contributed by atoms with Gasteiger partial charge in [-0.15, -0.1) is 0 Å². The molecule has 202 valence electrons. The quantitative estimate of drug-likeness (QED) is 0.342. The van der Waals surface area contributed by atoms with Gasteiger partial charge in [0.15, 0.2) is 0 Å². The molecule has 2 N–H and O–H groups in total. The van der Waals surface area contributed by atoms with Crippen molar-refractivity contribution >= 4 is 16.1 Å². The van der Waals surface area contributed by atoms with Crippen LogP contribution in [0.15, 0.2) is 95.9 Å². The summed E-state index contributed by atoms with van der Waals surface area (Å²) in [6.45, 7) is 4.27. The lowest BCUT2D eigenvalue weighted by molar-refractivity contribution is 0.0773. The first kappa shape index (κ1) is 27.8. The van der Waals surface area contributed by atoms with Gasteiger partial charge in [-0.25, -0.2) is 13.2 Å². The summed E-state index contributed by atoms with van der Waals surface area (Å²) in [5, 5.41) is 14.5. The number of carbonyl (C=O) groups is 1. The SMILES string of the molecule is CC(C)CCN(C[C@@H](O)C1(NC(=O)OCc2ccccc2)C[C@H]1c1ccccc1)S(=O)(=O)c1ccccc1. The van der Waals surface area contributed by atoms with Crippen LogP contribution in [0.3, 0.4) is 0 Å². The summed E-state index contributed by atoms with van der Waals surface area (Å²) in [7, 11) is -3.85. The van der Waals surface area contributed by atoms with E-state index in [4.69, 9.17) is 4.74 Å². The van der Waals surface area contributed by atoms with E-state index in [0.29, 0.717) is 12.8 Å². The monoisotopic (exact) mass is 536 g/mol. The fourth-order valence-electron chi connectivity index (χ4n) is 4.73. The Kier molecular flexibility index (Phi) is 8.87. The number of nitrogens with one attached hydrogen (secondary N) is 1. The molecule has 0 spiro atoms. The number of rotatable bonds is 12. The van der Waals surface area contributed by atoms with Crippen molar-refractivity contribution in [2.24, 2.45) is 5.92 Å². The molecule has 1 unspecified atom stereocenters. The van der Waals surface area contributed by atoms with Crippen LogP contribution in [-0.4, -0.2) is 48.7 Å². The zero-order valence-electron chi connectivity index (χ0n) is 21.9. The number of hydrogen-bond donors (Lipinski definition) is 2. The minimum atomic E-state index is -3.85. The lowest BCUT2D eigenvalue weighted by Crippen LogP contribution is -2.52. The maximum absolute atomic E-state index is 13.6. The van der Waals surface area contributed by atoms with E-state index in [1.165, 1.54) is 4.31 Å². The van der Waals surface area contributed by atoms with Gasteiger partial charge < -0.3 is 15.2 Å². The number of alkyl carbamates (subject to hydrolysis) is 1. The fourth-order valence-corrected chi connectivity index (χ4v) is 6.21. The van der Waals surface area contributed by atoms with Crippen LogP contribution in [0, 0.1) is 5.92 Å². The van der Waals surface area contributed by atoms with Crippen LogP contribution in [0.5, 0.6) is 0 Å². The molecular formula is C30H36N2O5S. The first-order valence-electron chi connectivity index (χ1n) is 13.0. The van der Waals surface area contributed by atoms with Crippen LogP contribution in [0.25, 0.3) is 0 Å². The largest absolute Gasteiger partial charge is 0.445 e. The number of ether oxygens (including phenoxy) is 1. The normalized spacial score (nSPS) is 19.8. The number of aliphatic hydroxyl groups excluding tert-OH is 1. The van der Waals surface area contributed by atoms with Crippen LogP contribution in [0.2, 0.25) is 0 Å². The minimum absolute atomic E-state index is 0.0950. The molecular weight excluding hydrogens is 500 g/mol. The Morgan fingerprint density at radius 1 is 1.00 bits per heavy atom. The second-order valence-corrected chi connectivity index (χ2v) is 12.2. The van der Waals surface area contributed by atoms with Gasteiger partial charge >= 0.3 is 6.09 Å². The Balaban J connectivity index is 1.56. The molecule has 1 fully saturated rings. The average Bonchev–Trinajstić information content (AvgIpc) is 3.66. The van der Waals surface area contributed by atoms with Gasteiger partial charge in [-0.2, -0.15) is 4.31 Å². The Morgan fingerprint density at radius 3 is 2.18 bits per heavy atom. The lowest BCUT2D eigenvalue weighted by Gasteiger charge is -2.31. The fraction of sp³-hybridized carbons (Fsp3) is 0.367. The van der Waals surface area contributed by atoms with Gasteiger partial charge in [-0.3, -0.25) is 0 Å². The summed E-state index contributed by atoms with van der Waals surface area (Å²) < 4.78 is 33.9. The average molecular weight is 537 g/mol. The van der Waals surface area contributed by atoms with E-state index in [-0.39, 0.29) is 36.4 Å². The zero-order chi connectivity index (χ0) is 27.2. The first-order chi connectivity index (χ1) is 18.2. The molecule has 1 amide bonds. The number of amides is 1. The summed E-state index contributed by atoms with van der Waals surface area (Å²) >= 11 is 0. The number of hydrogen-bond acceptors (Lipinski definition) is 5. The third-order valence-electron chi connectivity index (χ3n) is 7.06. The van der Waals surface area contributed by atoms with E-state index < -0.39 is 27.8 Å². The van der Waals surface area contributed by atoms with E-state index in [2.05, 4.69) is 5.32 Å². The van der Waals surface area contributed by atoms with Gasteiger partial charge in [-0.1, -0.05) is 92.7 Å². The molecule has 38 heavy (non-hydrogen) atoms. The second kappa shape index (κ2) is 12.1. The maximum atomic E-state index is 13.6. The van der Waals surface area contributed by atoms with Crippen molar-refractivity contribution in [3.63, 3.8) is 0 Å². The molecule has 3 atom stereocenters. The molecule has 0 saturated heterocycles. The topological polar surface area (TPSA) is 95.9 Å². The Hall–Kier alpha value is -3.20. The van der Waals surface area contributed by atoms with E-state index in [1.54, 1.807) is 30.3 Å². The summed E-state index contributed by atoms with van der Waals surface area (Å²) in [4.78, 5) is 13.1. The number of benzene rings is 3. The van der Waals surface area contributed by atoms with Crippen LogP contribution in [0.1, 0.15) is 43.7 Å². The van der Waals surface area contributed by atoms with Crippen LogP contribution in [-0.2, 0) is 21.4 Å². The minimum Gasteiger partial charge on any atom is -0.445 e. The highest BCUT2D eigenvalue weighted by atomic mass is 32.2. The number of nitrogens with zero attached hydrogens (tertiary/aromatic N) is 1. The van der Waals surface area contributed by atoms with Gasteiger partial charge in [0, 0.05) is 19.0 Å². The first-order valence-corrected chi connectivity index (χ1v) is 14.4. The molecule has 0 radical (unpaired) electrons. The van der Waals surface area contributed by atoms with Crippen LogP contribution >= 0.6 is 0 Å². The highest BCUT2D eigenvalue weighted by Crippen LogP contribution is 2.54. The molecule has 3 aromatic rings. The van der Waals surface area contributed by atoms with Crippen molar-refractivity contribution in [3.8, 4) is 0 Å². The van der Waals surface area contributed by atoms with E-state index in [0.717, 1.165) is 11.1 Å². The Morgan fingerprint density at radius 2 is 1.58 bits per heavy atom. The smallest absolute Gasteiger partial charge is 0.408 e. The van der Waals surface area contributed by atoms with Gasteiger partial charge in [0.1, 0.15) is 6.61 Å². The number of sulfonamides is 1. The van der Waals surface area contributed by atoms with Gasteiger partial charge in [0.25, 0.3) is 0 Å². The second-order valence-electron chi connectivity index (χ2n) is 10.3. The van der Waals surface area contributed by atoms with Crippen molar-refractivity contribution in [2.45, 2.75) is 55.8 Å². The van der Waals surface area contributed by atoms with Crippen molar-refractivity contribution < 1.29 is 23.1 Å². The summed E-state index contributed by atoms with van der Waals surface area (Å²) in [6.07, 6.45) is -0.684. The molecule has 0 aromatic heterocycles. The zero-order valence-corrected chi connectivity index (χ0v) is 22.7. The summed E-state index contributed by atoms with van der Waals surface area (Å²) in [5.74, 6) is 0.105. The molecule has 1 aliphatic carbocycles. The van der Waals surface area contributed by atoms with Gasteiger partial charge in [-0.05, 0) is 42.0 Å². The molecule has 0 bridgehead atoms. The van der Waals surface area contributed by atoms with Crippen LogP contribution in [0.4, 0.5) is 4.79 Å². The molecule has 1 aliphatic rings. The summed E-state index contributed by atoms with van der Waals surface area (Å²) in [6, 6.07) is 27.2. The third-order valence-corrected chi connectivity index (χ3v) is 8.94. The molecule has 0 aliphatic heterocycles. The standard InChI is InChI=1S/C30H36N2O5S/c1-23(2)18-19-32(38(35,36)26-16-10-5-11-17-26)21-28(33)30(20-27(30)25-14-8-4-9-15-25)31-29(34)37-22-24-12-6-3-7-13-24/h3-17,23,27-28,33H,18-22H2,1-2H3,(H,31,34)/t27-,28+,30?/m0/s1. The van der Waals surface area contributed by atoms with E-state index in [1.807, 2.05) is 74.5 Å². The maximum Gasteiger partial charge on any atom is 0.408 e. The van der Waals surface area contributed by atoms with Crippen molar-refractivity contribution in [1.29, 1.82) is 0 Å². The lowest BCUT2D eigenvalue weighted by atomic mass is 10.0. The predicted octanol–water partition coefficient (Wildman–Crippen LogP) is 4.94. The van der Waals surface area contributed by atoms with Gasteiger partial charge in [0.2, 0.25) is 10.0 Å². The molecule has 7 nitrogen and oxygen atoms in total. The van der Waals surface area contributed by atoms with Crippen molar-refractivity contribution in [2.75, 3.05) is 13.1 Å². The third kappa shape index (κ3) is 6.62. The van der Waals surface area contributed by atoms with Crippen LogP contribution < -0.4 is 5.32 Å².